The maximum absolute atomic E-state index is 11.9. The molecule has 0 radical (unpaired) electrons. The lowest BCUT2D eigenvalue weighted by Crippen LogP contribution is -2.36. The number of carbonyl (C=O) groups excluding carboxylic acids is 1. The van der Waals surface area contributed by atoms with Crippen molar-refractivity contribution in [3.8, 4) is 0 Å². The Morgan fingerprint density at radius 2 is 2.05 bits per heavy atom. The van der Waals surface area contributed by atoms with Gasteiger partial charge in [-0.15, -0.1) is 0 Å². The molecule has 6 heteroatoms. The van der Waals surface area contributed by atoms with Crippen LogP contribution in [-0.4, -0.2) is 21.9 Å². The molecular weight excluding hydrogens is 276 g/mol. The predicted molar refractivity (Wildman–Crippen MR) is 78.4 cm³/mol. The molecule has 0 bridgehead atoms. The molecule has 0 aliphatic rings. The number of halogens is 1. The fourth-order valence-corrected chi connectivity index (χ4v) is 1.87. The van der Waals surface area contributed by atoms with Crippen LogP contribution in [0.1, 0.15) is 12.0 Å². The van der Waals surface area contributed by atoms with Gasteiger partial charge < -0.3 is 11.1 Å². The normalized spacial score (nSPS) is 11.9. The van der Waals surface area contributed by atoms with Gasteiger partial charge in [0.25, 0.3) is 0 Å². The van der Waals surface area contributed by atoms with E-state index in [1.165, 1.54) is 6.20 Å². The summed E-state index contributed by atoms with van der Waals surface area (Å²) >= 11 is 5.64. The van der Waals surface area contributed by atoms with E-state index in [4.69, 9.17) is 17.3 Å². The quantitative estimate of drug-likeness (QED) is 0.826. The average molecular weight is 291 g/mol. The number of hydrogen-bond donors (Lipinski definition) is 2. The molecule has 3 N–H and O–H groups in total. The molecule has 1 amide bonds. The molecule has 1 atom stereocenters. The maximum Gasteiger partial charge on any atom is 0.242 e. The minimum Gasteiger partial charge on any atom is -0.320 e. The molecule has 1 heterocycles. The Bertz CT molecular complexity index is 576. The first kappa shape index (κ1) is 14.4. The molecule has 0 saturated carbocycles. The van der Waals surface area contributed by atoms with E-state index in [1.807, 2.05) is 30.3 Å². The molecule has 0 aliphatic carbocycles. The van der Waals surface area contributed by atoms with Gasteiger partial charge in [0.15, 0.2) is 0 Å². The smallest absolute Gasteiger partial charge is 0.242 e. The first-order chi connectivity index (χ1) is 9.65. The third-order valence-electron chi connectivity index (χ3n) is 2.80. The first-order valence-electron chi connectivity index (χ1n) is 6.24. The molecule has 2 aromatic rings. The highest BCUT2D eigenvalue weighted by Crippen LogP contribution is 2.08. The number of amides is 1. The molecule has 20 heavy (non-hydrogen) atoms. The van der Waals surface area contributed by atoms with Crippen LogP contribution >= 0.6 is 11.6 Å². The number of rotatable bonds is 5. The summed E-state index contributed by atoms with van der Waals surface area (Å²) in [5.41, 5.74) is 7.02. The molecule has 0 saturated heterocycles. The number of carbonyl (C=O) groups is 1. The van der Waals surface area contributed by atoms with Crippen molar-refractivity contribution in [3.63, 3.8) is 0 Å². The van der Waals surface area contributed by atoms with E-state index in [0.717, 1.165) is 12.0 Å². The average Bonchev–Trinajstić information content (AvgIpc) is 2.46. The van der Waals surface area contributed by atoms with E-state index in [-0.39, 0.29) is 11.2 Å². The standard InChI is InChI=1S/C14H15ClN4O/c15-14-17-9-8-12(19-14)18-13(20)11(16)7-6-10-4-2-1-3-5-10/h1-5,8-9,11H,6-7,16H2,(H,17,18,19,20)/t11-/m0/s1. The topological polar surface area (TPSA) is 80.9 Å². The zero-order chi connectivity index (χ0) is 14.4. The van der Waals surface area contributed by atoms with E-state index < -0.39 is 6.04 Å². The minimum atomic E-state index is -0.594. The van der Waals surface area contributed by atoms with Gasteiger partial charge >= 0.3 is 0 Å². The molecular formula is C14H15ClN4O. The number of nitrogens with two attached hydrogens (primary N) is 1. The van der Waals surface area contributed by atoms with Gasteiger partial charge in [0.2, 0.25) is 11.2 Å². The molecule has 2 rings (SSSR count). The summed E-state index contributed by atoms with van der Waals surface area (Å²) in [7, 11) is 0. The van der Waals surface area contributed by atoms with Crippen LogP contribution in [0.25, 0.3) is 0 Å². The maximum atomic E-state index is 11.9. The lowest BCUT2D eigenvalue weighted by atomic mass is 10.1. The van der Waals surface area contributed by atoms with Crippen molar-refractivity contribution in [1.29, 1.82) is 0 Å². The van der Waals surface area contributed by atoms with Crippen LogP contribution in [0.5, 0.6) is 0 Å². The van der Waals surface area contributed by atoms with Crippen LogP contribution in [0.4, 0.5) is 5.82 Å². The summed E-state index contributed by atoms with van der Waals surface area (Å²) < 4.78 is 0. The second kappa shape index (κ2) is 6.98. The van der Waals surface area contributed by atoms with E-state index in [2.05, 4.69) is 15.3 Å². The van der Waals surface area contributed by atoms with Gasteiger partial charge in [0.1, 0.15) is 5.82 Å². The van der Waals surface area contributed by atoms with Gasteiger partial charge in [0.05, 0.1) is 6.04 Å². The monoisotopic (exact) mass is 290 g/mol. The minimum absolute atomic E-state index is 0.0839. The summed E-state index contributed by atoms with van der Waals surface area (Å²) in [6.07, 6.45) is 2.79. The van der Waals surface area contributed by atoms with E-state index in [1.54, 1.807) is 6.07 Å². The van der Waals surface area contributed by atoms with Crippen LogP contribution in [0.2, 0.25) is 5.28 Å². The zero-order valence-electron chi connectivity index (χ0n) is 10.8. The van der Waals surface area contributed by atoms with Crippen LogP contribution in [0.15, 0.2) is 42.6 Å². The van der Waals surface area contributed by atoms with Crippen LogP contribution in [0, 0.1) is 0 Å². The number of aryl methyl sites for hydroxylation is 1. The zero-order valence-corrected chi connectivity index (χ0v) is 11.5. The highest BCUT2D eigenvalue weighted by Gasteiger charge is 2.14. The molecule has 0 spiro atoms. The highest BCUT2D eigenvalue weighted by molar-refractivity contribution is 6.28. The Kier molecular flexibility index (Phi) is 5.03. The van der Waals surface area contributed by atoms with Crippen molar-refractivity contribution in [2.24, 2.45) is 5.73 Å². The number of nitrogens with zero attached hydrogens (tertiary/aromatic N) is 2. The van der Waals surface area contributed by atoms with Gasteiger partial charge in [-0.05, 0) is 36.1 Å². The SMILES string of the molecule is N[C@@H](CCc1ccccc1)C(=O)Nc1ccnc(Cl)n1. The predicted octanol–water partition coefficient (Wildman–Crippen LogP) is 2.03. The Labute approximate surface area is 122 Å². The van der Waals surface area contributed by atoms with E-state index in [0.29, 0.717) is 12.2 Å². The number of aromatic nitrogens is 2. The summed E-state index contributed by atoms with van der Waals surface area (Å²) in [5, 5.41) is 2.70. The Hall–Kier alpha value is -1.98. The third kappa shape index (κ3) is 4.29. The van der Waals surface area contributed by atoms with Crippen molar-refractivity contribution >= 4 is 23.3 Å². The van der Waals surface area contributed by atoms with Crippen LogP contribution in [-0.2, 0) is 11.2 Å². The molecule has 1 aromatic carbocycles. The summed E-state index contributed by atoms with van der Waals surface area (Å²) in [6, 6.07) is 10.9. The van der Waals surface area contributed by atoms with Gasteiger partial charge in [-0.2, -0.15) is 0 Å². The van der Waals surface area contributed by atoms with Crippen molar-refractivity contribution in [3.05, 3.63) is 53.4 Å². The van der Waals surface area contributed by atoms with Gasteiger partial charge in [0, 0.05) is 6.20 Å². The molecule has 104 valence electrons. The number of hydrogen-bond acceptors (Lipinski definition) is 4. The molecule has 1 aromatic heterocycles. The van der Waals surface area contributed by atoms with E-state index >= 15 is 0 Å². The number of anilines is 1. The lowest BCUT2D eigenvalue weighted by Gasteiger charge is -2.11. The van der Waals surface area contributed by atoms with Crippen molar-refractivity contribution < 1.29 is 4.79 Å². The summed E-state index contributed by atoms with van der Waals surface area (Å²) in [5.74, 6) is 0.0702. The number of nitrogens with one attached hydrogen (secondary N) is 1. The second-order valence-electron chi connectivity index (χ2n) is 4.33. The Balaban J connectivity index is 1.86. The Morgan fingerprint density at radius 3 is 2.75 bits per heavy atom. The van der Waals surface area contributed by atoms with E-state index in [9.17, 15) is 4.79 Å². The van der Waals surface area contributed by atoms with Crippen molar-refractivity contribution in [2.75, 3.05) is 5.32 Å². The fourth-order valence-electron chi connectivity index (χ4n) is 1.72. The molecule has 0 aliphatic heterocycles. The van der Waals surface area contributed by atoms with Crippen molar-refractivity contribution in [1.82, 2.24) is 9.97 Å². The summed E-state index contributed by atoms with van der Waals surface area (Å²) in [6.45, 7) is 0. The first-order valence-corrected chi connectivity index (χ1v) is 6.62. The molecule has 0 unspecified atom stereocenters. The molecule has 5 nitrogen and oxygen atoms in total. The third-order valence-corrected chi connectivity index (χ3v) is 2.98. The largest absolute Gasteiger partial charge is 0.320 e. The van der Waals surface area contributed by atoms with Crippen molar-refractivity contribution in [2.45, 2.75) is 18.9 Å². The van der Waals surface area contributed by atoms with Gasteiger partial charge in [-0.1, -0.05) is 30.3 Å². The van der Waals surface area contributed by atoms with Gasteiger partial charge in [-0.25, -0.2) is 9.97 Å². The highest BCUT2D eigenvalue weighted by atomic mass is 35.5. The van der Waals surface area contributed by atoms with Gasteiger partial charge in [-0.3, -0.25) is 4.79 Å². The lowest BCUT2D eigenvalue weighted by molar-refractivity contribution is -0.117. The number of benzene rings is 1. The van der Waals surface area contributed by atoms with Crippen LogP contribution in [0.3, 0.4) is 0 Å². The van der Waals surface area contributed by atoms with Crippen LogP contribution < -0.4 is 11.1 Å². The Morgan fingerprint density at radius 1 is 1.30 bits per heavy atom. The fraction of sp³-hybridized carbons (Fsp3) is 0.214. The second-order valence-corrected chi connectivity index (χ2v) is 4.67. The molecule has 0 fully saturated rings. The summed E-state index contributed by atoms with van der Waals surface area (Å²) in [4.78, 5) is 19.5.